The zero-order valence-corrected chi connectivity index (χ0v) is 10.7. The number of aromatic amines is 2. The molecule has 98 valence electrons. The summed E-state index contributed by atoms with van der Waals surface area (Å²) in [6.45, 7) is 0. The molecule has 0 aliphatic rings. The number of benzene rings is 2. The van der Waals surface area contributed by atoms with Crippen LogP contribution in [0.3, 0.4) is 0 Å². The second-order valence-corrected chi connectivity index (χ2v) is 4.67. The average molecular weight is 265 g/mol. The summed E-state index contributed by atoms with van der Waals surface area (Å²) in [6, 6.07) is 9.84. The van der Waals surface area contributed by atoms with Gasteiger partial charge in [-0.3, -0.25) is 20.0 Å². The molecular weight excluding hydrogens is 254 g/mol. The molecular formula is C15H11N3O2. The Balaban J connectivity index is 2.20. The fourth-order valence-corrected chi connectivity index (χ4v) is 2.59. The molecule has 0 spiro atoms. The first-order chi connectivity index (χ1) is 9.78. The minimum Gasteiger partial charge on any atom is -0.497 e. The van der Waals surface area contributed by atoms with Gasteiger partial charge in [0, 0.05) is 17.0 Å². The van der Waals surface area contributed by atoms with Crippen molar-refractivity contribution in [2.75, 3.05) is 7.11 Å². The van der Waals surface area contributed by atoms with Crippen molar-refractivity contribution >= 4 is 32.6 Å². The highest BCUT2D eigenvalue weighted by Crippen LogP contribution is 2.29. The van der Waals surface area contributed by atoms with Crippen LogP contribution in [0.25, 0.3) is 32.6 Å². The second kappa shape index (κ2) is 3.84. The first-order valence-corrected chi connectivity index (χ1v) is 6.24. The van der Waals surface area contributed by atoms with E-state index in [4.69, 9.17) is 4.74 Å². The number of nitrogens with one attached hydrogen (secondary N) is 2. The van der Waals surface area contributed by atoms with E-state index in [2.05, 4.69) is 15.2 Å². The van der Waals surface area contributed by atoms with E-state index in [1.807, 2.05) is 30.3 Å². The lowest BCUT2D eigenvalue weighted by Crippen LogP contribution is -1.97. The fraction of sp³-hybridized carbons (Fsp3) is 0.0667. The fourth-order valence-electron chi connectivity index (χ4n) is 2.59. The summed E-state index contributed by atoms with van der Waals surface area (Å²) in [6.07, 6.45) is 1.61. The highest BCUT2D eigenvalue weighted by Gasteiger charge is 2.09. The van der Waals surface area contributed by atoms with Gasteiger partial charge in [-0.2, -0.15) is 0 Å². The maximum absolute atomic E-state index is 11.6. The average Bonchev–Trinajstić information content (AvgIpc) is 2.88. The van der Waals surface area contributed by atoms with E-state index in [0.29, 0.717) is 5.39 Å². The van der Waals surface area contributed by atoms with Crippen LogP contribution in [-0.2, 0) is 0 Å². The lowest BCUT2D eigenvalue weighted by atomic mass is 10.0. The van der Waals surface area contributed by atoms with Gasteiger partial charge < -0.3 is 4.74 Å². The summed E-state index contributed by atoms with van der Waals surface area (Å²) in [5, 5.41) is 9.11. The van der Waals surface area contributed by atoms with Gasteiger partial charge in [0.25, 0.3) is 5.56 Å². The summed E-state index contributed by atoms with van der Waals surface area (Å²) in [5.41, 5.74) is 1.51. The molecule has 2 aromatic carbocycles. The van der Waals surface area contributed by atoms with E-state index in [1.54, 1.807) is 13.3 Å². The first-order valence-electron chi connectivity index (χ1n) is 6.24. The third-order valence-electron chi connectivity index (χ3n) is 3.61. The minimum atomic E-state index is -0.149. The Hall–Kier alpha value is -2.82. The lowest BCUT2D eigenvalue weighted by Gasteiger charge is -2.05. The van der Waals surface area contributed by atoms with E-state index in [0.717, 1.165) is 32.9 Å². The zero-order chi connectivity index (χ0) is 13.7. The Morgan fingerprint density at radius 1 is 1.05 bits per heavy atom. The molecule has 0 aliphatic carbocycles. The predicted molar refractivity (Wildman–Crippen MR) is 78.3 cm³/mol. The molecule has 0 bridgehead atoms. The largest absolute Gasteiger partial charge is 0.497 e. The van der Waals surface area contributed by atoms with Gasteiger partial charge in [-0.1, -0.05) is 6.07 Å². The molecule has 0 saturated carbocycles. The number of rotatable bonds is 1. The van der Waals surface area contributed by atoms with Gasteiger partial charge in [-0.05, 0) is 29.7 Å². The molecule has 0 radical (unpaired) electrons. The molecule has 4 aromatic rings. The number of ether oxygens (including phenoxy) is 1. The zero-order valence-electron chi connectivity index (χ0n) is 10.7. The van der Waals surface area contributed by atoms with Crippen molar-refractivity contribution in [3.63, 3.8) is 0 Å². The Kier molecular flexibility index (Phi) is 2.12. The smallest absolute Gasteiger partial charge is 0.273 e. The molecule has 0 aliphatic heterocycles. The molecule has 0 amide bonds. The minimum absolute atomic E-state index is 0.149. The molecule has 2 heterocycles. The van der Waals surface area contributed by atoms with E-state index >= 15 is 0 Å². The summed E-state index contributed by atoms with van der Waals surface area (Å²) >= 11 is 0. The Labute approximate surface area is 113 Å². The van der Waals surface area contributed by atoms with Gasteiger partial charge in [0.2, 0.25) is 0 Å². The summed E-state index contributed by atoms with van der Waals surface area (Å²) in [5.74, 6) is 0.813. The second-order valence-electron chi connectivity index (χ2n) is 4.67. The third-order valence-corrected chi connectivity index (χ3v) is 3.61. The molecule has 2 N–H and O–H groups in total. The summed E-state index contributed by atoms with van der Waals surface area (Å²) in [7, 11) is 1.65. The van der Waals surface area contributed by atoms with E-state index in [1.165, 1.54) is 0 Å². The van der Waals surface area contributed by atoms with Crippen molar-refractivity contribution in [2.45, 2.75) is 0 Å². The quantitative estimate of drug-likeness (QED) is 0.520. The molecule has 5 heteroatoms. The number of nitrogens with zero attached hydrogens (tertiary/aromatic N) is 1. The van der Waals surface area contributed by atoms with Crippen molar-refractivity contribution in [3.8, 4) is 5.75 Å². The van der Waals surface area contributed by atoms with Gasteiger partial charge in [0.05, 0.1) is 23.5 Å². The van der Waals surface area contributed by atoms with E-state index in [9.17, 15) is 4.79 Å². The van der Waals surface area contributed by atoms with Crippen molar-refractivity contribution in [1.82, 2.24) is 15.2 Å². The van der Waals surface area contributed by atoms with Gasteiger partial charge in [-0.25, -0.2) is 0 Å². The Bertz CT molecular complexity index is 1010. The van der Waals surface area contributed by atoms with Gasteiger partial charge in [0.15, 0.2) is 0 Å². The molecule has 4 rings (SSSR count). The molecule has 5 nitrogen and oxygen atoms in total. The number of hydrogen-bond acceptors (Lipinski definition) is 3. The van der Waals surface area contributed by atoms with Crippen LogP contribution in [0.4, 0.5) is 0 Å². The van der Waals surface area contributed by atoms with Crippen LogP contribution in [-0.4, -0.2) is 22.3 Å². The lowest BCUT2D eigenvalue weighted by molar-refractivity contribution is 0.415. The van der Waals surface area contributed by atoms with E-state index in [-0.39, 0.29) is 5.56 Å². The standard InChI is InChI=1S/C15H11N3O2/c1-20-9-3-5-10-8(6-9)2-4-11-13(10)16-7-12-14(11)17-18-15(12)19/h2-7H,1H3,(H2,17,18,19). The van der Waals surface area contributed by atoms with Gasteiger partial charge in [-0.15, -0.1) is 0 Å². The molecule has 0 unspecified atom stereocenters. The third kappa shape index (κ3) is 1.37. The number of methoxy groups -OCH3 is 1. The highest BCUT2D eigenvalue weighted by atomic mass is 16.5. The maximum Gasteiger partial charge on any atom is 0.273 e. The van der Waals surface area contributed by atoms with Crippen molar-refractivity contribution in [3.05, 3.63) is 46.9 Å². The topological polar surface area (TPSA) is 70.8 Å². The number of H-pyrrole nitrogens is 2. The molecule has 20 heavy (non-hydrogen) atoms. The van der Waals surface area contributed by atoms with Crippen LogP contribution in [0.2, 0.25) is 0 Å². The van der Waals surface area contributed by atoms with Crippen LogP contribution in [0.15, 0.2) is 41.3 Å². The van der Waals surface area contributed by atoms with Crippen LogP contribution in [0.1, 0.15) is 0 Å². The predicted octanol–water partition coefficient (Wildman–Crippen LogP) is 2.57. The van der Waals surface area contributed by atoms with Crippen LogP contribution in [0, 0.1) is 0 Å². The van der Waals surface area contributed by atoms with Crippen molar-refractivity contribution in [1.29, 1.82) is 0 Å². The number of aromatic nitrogens is 3. The molecule has 0 fully saturated rings. The first kappa shape index (κ1) is 11.0. The monoisotopic (exact) mass is 265 g/mol. The number of pyridine rings is 1. The SMILES string of the molecule is COc1ccc2c(ccc3c2ncc2c(=O)[nH][nH]c23)c1. The maximum atomic E-state index is 11.6. The van der Waals surface area contributed by atoms with Crippen LogP contribution >= 0.6 is 0 Å². The Morgan fingerprint density at radius 3 is 2.75 bits per heavy atom. The number of fused-ring (bicyclic) bond motifs is 5. The van der Waals surface area contributed by atoms with Crippen LogP contribution in [0.5, 0.6) is 5.75 Å². The molecule has 2 aromatic heterocycles. The normalized spacial score (nSPS) is 11.4. The molecule has 0 saturated heterocycles. The van der Waals surface area contributed by atoms with Crippen molar-refractivity contribution in [2.24, 2.45) is 0 Å². The number of hydrogen-bond donors (Lipinski definition) is 2. The summed E-state index contributed by atoms with van der Waals surface area (Å²) < 4.78 is 5.24. The summed E-state index contributed by atoms with van der Waals surface area (Å²) in [4.78, 5) is 16.1. The van der Waals surface area contributed by atoms with Crippen molar-refractivity contribution < 1.29 is 4.74 Å². The van der Waals surface area contributed by atoms with Gasteiger partial charge >= 0.3 is 0 Å². The highest BCUT2D eigenvalue weighted by molar-refractivity contribution is 6.13. The van der Waals surface area contributed by atoms with Crippen LogP contribution < -0.4 is 10.3 Å². The molecule has 0 atom stereocenters. The van der Waals surface area contributed by atoms with Gasteiger partial charge in [0.1, 0.15) is 5.75 Å². The Morgan fingerprint density at radius 2 is 1.90 bits per heavy atom. The van der Waals surface area contributed by atoms with E-state index < -0.39 is 0 Å².